The highest BCUT2D eigenvalue weighted by atomic mass is 15.3. The second kappa shape index (κ2) is 24.3. The van der Waals surface area contributed by atoms with Gasteiger partial charge in [-0.3, -0.25) is 0 Å². The van der Waals surface area contributed by atoms with Crippen molar-refractivity contribution in [3.8, 4) is 0 Å². The van der Waals surface area contributed by atoms with Crippen molar-refractivity contribution in [1.29, 1.82) is 0 Å². The molecular formula is C94H86B2N6. The fraction of sp³-hybridized carbons (Fsp3) is 0.170. The van der Waals surface area contributed by atoms with Crippen molar-refractivity contribution in [2.75, 3.05) is 29.4 Å². The minimum Gasteiger partial charge on any atom is -0.311 e. The number of hydrogen-bond donors (Lipinski definition) is 0. The van der Waals surface area contributed by atoms with Crippen molar-refractivity contribution in [3.63, 3.8) is 0 Å². The quantitative estimate of drug-likeness (QED) is 0.126. The third kappa shape index (κ3) is 10.9. The Hall–Kier alpha value is -11.2. The molecule has 4 aliphatic heterocycles. The topological polar surface area (TPSA) is 19.4 Å². The van der Waals surface area contributed by atoms with Crippen LogP contribution in [0.3, 0.4) is 0 Å². The molecule has 0 amide bonds. The number of para-hydroxylation sites is 6. The van der Waals surface area contributed by atoms with Gasteiger partial charge in [0.05, 0.1) is 28.4 Å². The Morgan fingerprint density at radius 1 is 0.225 bits per heavy atom. The average Bonchev–Trinajstić information content (AvgIpc) is 0.684. The molecule has 8 heteroatoms. The van der Waals surface area contributed by atoms with Crippen LogP contribution >= 0.6 is 0 Å². The van der Waals surface area contributed by atoms with Crippen LogP contribution in [-0.4, -0.2) is 13.4 Å². The summed E-state index contributed by atoms with van der Waals surface area (Å²) in [6.07, 6.45) is 0. The fourth-order valence-corrected chi connectivity index (χ4v) is 16.3. The SMILES string of the molecule is CC(C)(C)c1ccc(N(c2ccc(C(C)(C)C)cc2)c2cc3c4c(c2)N(c2ccccc2)c2cc5c(cc2B4c2ccccc2N3c2ccccc2)B(c2ccccc2)c2cc(N(c3ccc(C(C)(C)C)cc3)c3ccc(C(C)(C)C)cc3)cc3c2N5c2ccccc2N3c2ccccc2)cc1. The maximum Gasteiger partial charge on any atom is 0.252 e. The summed E-state index contributed by atoms with van der Waals surface area (Å²) in [5, 5.41) is 0. The Kier molecular flexibility index (Phi) is 15.3. The molecule has 498 valence electrons. The Labute approximate surface area is 604 Å². The van der Waals surface area contributed by atoms with E-state index in [1.54, 1.807) is 0 Å². The van der Waals surface area contributed by atoms with Gasteiger partial charge < -0.3 is 29.4 Å². The Balaban J connectivity index is 0.971. The van der Waals surface area contributed by atoms with Crippen molar-refractivity contribution in [3.05, 3.63) is 326 Å². The third-order valence-electron chi connectivity index (χ3n) is 21.6. The zero-order chi connectivity index (χ0) is 70.1. The summed E-state index contributed by atoms with van der Waals surface area (Å²) in [5.41, 5.74) is 32.5. The number of fused-ring (bicyclic) bond motifs is 8. The van der Waals surface area contributed by atoms with Crippen molar-refractivity contribution in [2.24, 2.45) is 0 Å². The first-order chi connectivity index (χ1) is 49.2. The van der Waals surface area contributed by atoms with E-state index in [0.717, 1.165) is 102 Å². The van der Waals surface area contributed by atoms with E-state index in [1.165, 1.54) is 55.0 Å². The average molecular weight is 1320 g/mol. The van der Waals surface area contributed by atoms with Crippen molar-refractivity contribution >= 4 is 149 Å². The summed E-state index contributed by atoms with van der Waals surface area (Å²) in [4.78, 5) is 15.3. The molecule has 0 unspecified atom stereocenters. The van der Waals surface area contributed by atoms with Crippen LogP contribution in [0.15, 0.2) is 303 Å². The molecule has 0 spiro atoms. The molecule has 13 aromatic rings. The lowest BCUT2D eigenvalue weighted by atomic mass is 9.30. The van der Waals surface area contributed by atoms with E-state index >= 15 is 0 Å². The lowest BCUT2D eigenvalue weighted by Crippen LogP contribution is -2.64. The van der Waals surface area contributed by atoms with Crippen molar-refractivity contribution < 1.29 is 0 Å². The highest BCUT2D eigenvalue weighted by Crippen LogP contribution is 2.58. The molecule has 0 bridgehead atoms. The monoisotopic (exact) mass is 1320 g/mol. The molecule has 17 rings (SSSR count). The molecule has 102 heavy (non-hydrogen) atoms. The number of nitrogens with zero attached hydrogens (tertiary/aromatic N) is 6. The van der Waals surface area contributed by atoms with Crippen LogP contribution < -0.4 is 62.2 Å². The van der Waals surface area contributed by atoms with Gasteiger partial charge in [-0.15, -0.1) is 0 Å². The van der Waals surface area contributed by atoms with E-state index in [1.807, 2.05) is 0 Å². The normalized spacial score (nSPS) is 13.6. The maximum absolute atomic E-state index is 2.65. The van der Waals surface area contributed by atoms with Gasteiger partial charge in [-0.05, 0) is 205 Å². The van der Waals surface area contributed by atoms with Crippen LogP contribution in [0.2, 0.25) is 0 Å². The Morgan fingerprint density at radius 2 is 0.549 bits per heavy atom. The van der Waals surface area contributed by atoms with E-state index in [4.69, 9.17) is 0 Å². The summed E-state index contributed by atoms with van der Waals surface area (Å²) in [6, 6.07) is 115. The zero-order valence-corrected chi connectivity index (χ0v) is 60.7. The molecule has 6 nitrogen and oxygen atoms in total. The van der Waals surface area contributed by atoms with Crippen LogP contribution in [0.25, 0.3) is 0 Å². The first-order valence-electron chi connectivity index (χ1n) is 36.3. The van der Waals surface area contributed by atoms with Crippen LogP contribution in [0.1, 0.15) is 105 Å². The first kappa shape index (κ1) is 64.2. The standard InChI is InChI=1S/C94H86B2N6/c1-91(2,3)63-41-49-71(50-42-63)97(72-51-43-64(44-52-72)92(4,5)6)75-57-80-90-88(60-75)100(69-33-21-15-22-34-69)82-39-27-28-40-83(82)102(90)85-62-84-79(61-78(85)95(80)67-29-17-13-18-30-67)96-77-37-25-26-38-81(77)99(68-31-19-14-20-32-68)86-58-76(59-87(89(86)96)101(84)70-35-23-16-24-36-70)98(73-53-45-65(46-54-73)93(7,8)9)74-55-47-66(48-56-74)94(10,11)12/h13-62H,1-12H3. The van der Waals surface area contributed by atoms with Gasteiger partial charge in [0.1, 0.15) is 0 Å². The van der Waals surface area contributed by atoms with Gasteiger partial charge in [0, 0.05) is 73.9 Å². The largest absolute Gasteiger partial charge is 0.311 e. The predicted octanol–water partition coefficient (Wildman–Crippen LogP) is 22.0. The van der Waals surface area contributed by atoms with Crippen molar-refractivity contribution in [2.45, 2.75) is 105 Å². The van der Waals surface area contributed by atoms with E-state index in [-0.39, 0.29) is 35.1 Å². The van der Waals surface area contributed by atoms with Gasteiger partial charge in [0.15, 0.2) is 0 Å². The van der Waals surface area contributed by atoms with E-state index < -0.39 is 0 Å². The molecule has 13 aromatic carbocycles. The lowest BCUT2D eigenvalue weighted by molar-refractivity contribution is 0.590. The molecule has 4 heterocycles. The van der Waals surface area contributed by atoms with Gasteiger partial charge >= 0.3 is 0 Å². The summed E-state index contributed by atoms with van der Waals surface area (Å²) in [6.45, 7) is 27.2. The molecule has 0 aliphatic carbocycles. The molecule has 0 aromatic heterocycles. The summed E-state index contributed by atoms with van der Waals surface area (Å²) >= 11 is 0. The fourth-order valence-electron chi connectivity index (χ4n) is 16.3. The highest BCUT2D eigenvalue weighted by molar-refractivity contribution is 7.02. The molecular weight excluding hydrogens is 1230 g/mol. The molecule has 4 aliphatic rings. The van der Waals surface area contributed by atoms with Gasteiger partial charge in [-0.1, -0.05) is 258 Å². The van der Waals surface area contributed by atoms with Crippen LogP contribution in [0.4, 0.5) is 102 Å². The molecule has 0 N–H and O–H groups in total. The van der Waals surface area contributed by atoms with Gasteiger partial charge in [-0.25, -0.2) is 0 Å². The maximum atomic E-state index is 2.65. The molecule has 0 saturated heterocycles. The number of benzene rings is 13. The first-order valence-corrected chi connectivity index (χ1v) is 36.3. The second-order valence-corrected chi connectivity index (χ2v) is 32.3. The van der Waals surface area contributed by atoms with Gasteiger partial charge in [-0.2, -0.15) is 0 Å². The number of hydrogen-bond acceptors (Lipinski definition) is 6. The highest BCUT2D eigenvalue weighted by Gasteiger charge is 2.48. The van der Waals surface area contributed by atoms with Crippen molar-refractivity contribution in [1.82, 2.24) is 0 Å². The van der Waals surface area contributed by atoms with Gasteiger partial charge in [0.25, 0.3) is 6.71 Å². The molecule has 0 saturated carbocycles. The summed E-state index contributed by atoms with van der Waals surface area (Å²) in [5.74, 6) is 0. The van der Waals surface area contributed by atoms with Crippen LogP contribution in [-0.2, 0) is 21.7 Å². The Bertz CT molecular complexity index is 4870. The summed E-state index contributed by atoms with van der Waals surface area (Å²) < 4.78 is 0. The third-order valence-corrected chi connectivity index (χ3v) is 21.6. The number of anilines is 18. The number of rotatable bonds is 10. The van der Waals surface area contributed by atoms with Gasteiger partial charge in [0.2, 0.25) is 6.71 Å². The van der Waals surface area contributed by atoms with Crippen LogP contribution in [0, 0.1) is 0 Å². The second-order valence-electron chi connectivity index (χ2n) is 32.3. The predicted molar refractivity (Wildman–Crippen MR) is 439 cm³/mol. The Morgan fingerprint density at radius 3 is 0.971 bits per heavy atom. The van der Waals surface area contributed by atoms with E-state index in [0.29, 0.717) is 0 Å². The minimum atomic E-state index is -0.219. The molecule has 0 radical (unpaired) electrons. The smallest absolute Gasteiger partial charge is 0.252 e. The van der Waals surface area contributed by atoms with E-state index in [2.05, 4.69) is 416 Å². The lowest BCUT2D eigenvalue weighted by Gasteiger charge is -2.48. The van der Waals surface area contributed by atoms with E-state index in [9.17, 15) is 0 Å². The molecule has 0 fully saturated rings. The summed E-state index contributed by atoms with van der Waals surface area (Å²) in [7, 11) is 0. The van der Waals surface area contributed by atoms with Crippen LogP contribution in [0.5, 0.6) is 0 Å². The molecule has 0 atom stereocenters. The zero-order valence-electron chi connectivity index (χ0n) is 60.7. The minimum absolute atomic E-state index is 0.0259.